The summed E-state index contributed by atoms with van der Waals surface area (Å²) in [5.41, 5.74) is 2.57. The number of para-hydroxylation sites is 1. The van der Waals surface area contributed by atoms with Gasteiger partial charge in [0, 0.05) is 5.92 Å². The van der Waals surface area contributed by atoms with Gasteiger partial charge in [0.25, 0.3) is 0 Å². The molecule has 1 aromatic rings. The molecule has 2 heteroatoms. The molecule has 2 aliphatic rings. The van der Waals surface area contributed by atoms with Gasteiger partial charge in [0.15, 0.2) is 0 Å². The summed E-state index contributed by atoms with van der Waals surface area (Å²) in [6.07, 6.45) is 3.97. The van der Waals surface area contributed by atoms with Crippen molar-refractivity contribution in [3.8, 4) is 5.75 Å². The molecule has 0 unspecified atom stereocenters. The highest BCUT2D eigenvalue weighted by Gasteiger charge is 2.38. The minimum atomic E-state index is -0.0625. The smallest absolute Gasteiger partial charge is 0.315 e. The van der Waals surface area contributed by atoms with E-state index in [1.807, 2.05) is 18.2 Å². The standard InChI is InChI=1S/C14H14O2/c1-9-6-7-11-12(8-9)10-4-2-3-5-13(10)16-14(11)15/h2-6,11-12H,7-8H2,1H3/t11-,12-/m0/s1. The molecule has 0 N–H and O–H groups in total. The third-order valence-electron chi connectivity index (χ3n) is 3.58. The molecule has 1 aliphatic heterocycles. The molecule has 82 valence electrons. The highest BCUT2D eigenvalue weighted by Crippen LogP contribution is 2.44. The quantitative estimate of drug-likeness (QED) is 0.377. The van der Waals surface area contributed by atoms with E-state index >= 15 is 0 Å². The Balaban J connectivity index is 2.08. The first kappa shape index (κ1) is 9.64. The van der Waals surface area contributed by atoms with E-state index in [0.717, 1.165) is 18.6 Å². The fourth-order valence-corrected chi connectivity index (χ4v) is 2.72. The third kappa shape index (κ3) is 1.37. The zero-order chi connectivity index (χ0) is 11.1. The van der Waals surface area contributed by atoms with Crippen LogP contribution in [-0.4, -0.2) is 5.97 Å². The first-order valence-corrected chi connectivity index (χ1v) is 5.72. The van der Waals surface area contributed by atoms with E-state index in [-0.39, 0.29) is 11.9 Å². The van der Waals surface area contributed by atoms with Crippen molar-refractivity contribution in [2.24, 2.45) is 5.92 Å². The minimum absolute atomic E-state index is 0.0265. The molecule has 0 fully saturated rings. The van der Waals surface area contributed by atoms with Crippen molar-refractivity contribution in [1.82, 2.24) is 0 Å². The van der Waals surface area contributed by atoms with Gasteiger partial charge in [0.1, 0.15) is 5.75 Å². The predicted octanol–water partition coefficient (Wildman–Crippen LogP) is 3.05. The summed E-state index contributed by atoms with van der Waals surface area (Å²) < 4.78 is 5.37. The lowest BCUT2D eigenvalue weighted by atomic mass is 9.74. The maximum absolute atomic E-state index is 11.8. The van der Waals surface area contributed by atoms with Crippen LogP contribution in [-0.2, 0) is 4.79 Å². The van der Waals surface area contributed by atoms with Crippen LogP contribution in [0.2, 0.25) is 0 Å². The van der Waals surface area contributed by atoms with Gasteiger partial charge in [-0.15, -0.1) is 0 Å². The molecule has 1 aromatic carbocycles. The number of rotatable bonds is 0. The van der Waals surface area contributed by atoms with Gasteiger partial charge in [-0.05, 0) is 31.4 Å². The van der Waals surface area contributed by atoms with Gasteiger partial charge >= 0.3 is 5.97 Å². The van der Waals surface area contributed by atoms with Gasteiger partial charge < -0.3 is 4.74 Å². The number of carbonyl (C=O) groups is 1. The van der Waals surface area contributed by atoms with Crippen LogP contribution in [0.4, 0.5) is 0 Å². The number of esters is 1. The highest BCUT2D eigenvalue weighted by molar-refractivity contribution is 5.79. The fourth-order valence-electron chi connectivity index (χ4n) is 2.72. The van der Waals surface area contributed by atoms with Crippen LogP contribution >= 0.6 is 0 Å². The van der Waals surface area contributed by atoms with Gasteiger partial charge in [-0.25, -0.2) is 0 Å². The lowest BCUT2D eigenvalue weighted by molar-refractivity contribution is -0.141. The number of allylic oxidation sites excluding steroid dienone is 2. The minimum Gasteiger partial charge on any atom is -0.426 e. The van der Waals surface area contributed by atoms with Crippen LogP contribution in [0.15, 0.2) is 35.9 Å². The summed E-state index contributed by atoms with van der Waals surface area (Å²) in [7, 11) is 0. The molecule has 1 aliphatic carbocycles. The molecule has 0 spiro atoms. The first-order chi connectivity index (χ1) is 7.75. The van der Waals surface area contributed by atoms with Gasteiger partial charge in [-0.1, -0.05) is 29.8 Å². The van der Waals surface area contributed by atoms with Crippen molar-refractivity contribution in [3.05, 3.63) is 41.5 Å². The van der Waals surface area contributed by atoms with Gasteiger partial charge in [-0.2, -0.15) is 0 Å². The molecule has 3 rings (SSSR count). The largest absolute Gasteiger partial charge is 0.426 e. The van der Waals surface area contributed by atoms with E-state index in [4.69, 9.17) is 4.74 Å². The van der Waals surface area contributed by atoms with Crippen molar-refractivity contribution >= 4 is 5.97 Å². The van der Waals surface area contributed by atoms with E-state index < -0.39 is 0 Å². The summed E-state index contributed by atoms with van der Waals surface area (Å²) >= 11 is 0. The highest BCUT2D eigenvalue weighted by atomic mass is 16.5. The Hall–Kier alpha value is -1.57. The van der Waals surface area contributed by atoms with E-state index in [9.17, 15) is 4.79 Å². The topological polar surface area (TPSA) is 26.3 Å². The molecule has 2 atom stereocenters. The van der Waals surface area contributed by atoms with Crippen molar-refractivity contribution in [2.45, 2.75) is 25.7 Å². The summed E-state index contributed by atoms with van der Waals surface area (Å²) in [6, 6.07) is 7.90. The normalized spacial score (nSPS) is 27.6. The second kappa shape index (κ2) is 3.48. The van der Waals surface area contributed by atoms with Gasteiger partial charge in [0.2, 0.25) is 0 Å². The van der Waals surface area contributed by atoms with Crippen molar-refractivity contribution in [1.29, 1.82) is 0 Å². The van der Waals surface area contributed by atoms with Gasteiger partial charge in [-0.3, -0.25) is 4.79 Å². The lowest BCUT2D eigenvalue weighted by Crippen LogP contribution is -2.33. The number of carbonyl (C=O) groups excluding carboxylic acids is 1. The maximum Gasteiger partial charge on any atom is 0.315 e. The van der Waals surface area contributed by atoms with E-state index in [2.05, 4.69) is 19.1 Å². The van der Waals surface area contributed by atoms with E-state index in [1.165, 1.54) is 11.1 Å². The number of benzene rings is 1. The molecule has 0 amide bonds. The Bertz CT molecular complexity index is 473. The molecule has 2 nitrogen and oxygen atoms in total. The molecule has 16 heavy (non-hydrogen) atoms. The summed E-state index contributed by atoms with van der Waals surface area (Å²) in [5.74, 6) is 1.04. The molecular formula is C14H14O2. The molecule has 0 aromatic heterocycles. The van der Waals surface area contributed by atoms with Crippen LogP contribution in [0.1, 0.15) is 31.2 Å². The molecule has 0 bridgehead atoms. The van der Waals surface area contributed by atoms with Gasteiger partial charge in [0.05, 0.1) is 5.92 Å². The van der Waals surface area contributed by atoms with Crippen LogP contribution in [0.3, 0.4) is 0 Å². The Labute approximate surface area is 94.9 Å². The van der Waals surface area contributed by atoms with Crippen LogP contribution in [0, 0.1) is 5.92 Å². The molecular weight excluding hydrogens is 200 g/mol. The van der Waals surface area contributed by atoms with Crippen molar-refractivity contribution < 1.29 is 9.53 Å². The zero-order valence-corrected chi connectivity index (χ0v) is 9.27. The molecule has 0 saturated heterocycles. The van der Waals surface area contributed by atoms with Crippen LogP contribution in [0.25, 0.3) is 0 Å². The summed E-state index contributed by atoms with van der Waals surface area (Å²) in [4.78, 5) is 11.8. The second-order valence-electron chi connectivity index (χ2n) is 4.66. The molecule has 0 saturated carbocycles. The third-order valence-corrected chi connectivity index (χ3v) is 3.58. The average Bonchev–Trinajstić information content (AvgIpc) is 2.29. The Morgan fingerprint density at radius 1 is 1.25 bits per heavy atom. The van der Waals surface area contributed by atoms with E-state index in [0.29, 0.717) is 5.92 Å². The Morgan fingerprint density at radius 3 is 2.94 bits per heavy atom. The second-order valence-corrected chi connectivity index (χ2v) is 4.66. The number of hydrogen-bond acceptors (Lipinski definition) is 2. The lowest BCUT2D eigenvalue weighted by Gasteiger charge is -2.34. The molecule has 1 heterocycles. The zero-order valence-electron chi connectivity index (χ0n) is 9.27. The van der Waals surface area contributed by atoms with Crippen LogP contribution in [0.5, 0.6) is 5.75 Å². The molecule has 0 radical (unpaired) electrons. The van der Waals surface area contributed by atoms with Crippen LogP contribution < -0.4 is 4.74 Å². The summed E-state index contributed by atoms with van der Waals surface area (Å²) in [6.45, 7) is 2.14. The fraction of sp³-hybridized carbons (Fsp3) is 0.357. The number of ether oxygens (including phenoxy) is 1. The Kier molecular flexibility index (Phi) is 2.10. The predicted molar refractivity (Wildman–Crippen MR) is 61.3 cm³/mol. The van der Waals surface area contributed by atoms with Crippen molar-refractivity contribution in [2.75, 3.05) is 0 Å². The van der Waals surface area contributed by atoms with Crippen molar-refractivity contribution in [3.63, 3.8) is 0 Å². The Morgan fingerprint density at radius 2 is 2.06 bits per heavy atom. The number of fused-ring (bicyclic) bond motifs is 3. The number of hydrogen-bond donors (Lipinski definition) is 0. The maximum atomic E-state index is 11.8. The average molecular weight is 214 g/mol. The first-order valence-electron chi connectivity index (χ1n) is 5.72. The van der Waals surface area contributed by atoms with E-state index in [1.54, 1.807) is 0 Å². The SMILES string of the molecule is CC1=CC[C@@H]2C(=O)Oc3ccccc3[C@@H]2C1. The summed E-state index contributed by atoms with van der Waals surface area (Å²) in [5, 5.41) is 0. The monoisotopic (exact) mass is 214 g/mol.